The molecule has 0 heterocycles. The van der Waals surface area contributed by atoms with E-state index in [-0.39, 0.29) is 12.5 Å². The zero-order valence-corrected chi connectivity index (χ0v) is 13.4. The van der Waals surface area contributed by atoms with E-state index in [0.717, 1.165) is 12.0 Å². The average molecular weight is 313 g/mol. The van der Waals surface area contributed by atoms with Crippen LogP contribution in [0, 0.1) is 6.92 Å². The van der Waals surface area contributed by atoms with Crippen LogP contribution in [0.15, 0.2) is 48.5 Å². The van der Waals surface area contributed by atoms with Crippen LogP contribution in [0.3, 0.4) is 0 Å². The Morgan fingerprint density at radius 3 is 2.30 bits per heavy atom. The summed E-state index contributed by atoms with van der Waals surface area (Å²) in [5, 5.41) is 11.8. The van der Waals surface area contributed by atoms with Crippen LogP contribution in [0.1, 0.15) is 27.0 Å². The molecule has 2 aromatic rings. The van der Waals surface area contributed by atoms with Crippen molar-refractivity contribution in [1.82, 2.24) is 5.32 Å². The molecule has 2 rings (SSSR count). The van der Waals surface area contributed by atoms with E-state index in [2.05, 4.69) is 36.5 Å². The first-order valence-electron chi connectivity index (χ1n) is 7.80. The Hall–Kier alpha value is -2.17. The molecule has 0 aromatic heterocycles. The van der Waals surface area contributed by atoms with Gasteiger partial charge in [0.05, 0.1) is 19.8 Å². The third-order valence-electron chi connectivity index (χ3n) is 3.59. The quantitative estimate of drug-likeness (QED) is 0.736. The number of aliphatic hydroxyl groups is 1. The first-order valence-corrected chi connectivity index (χ1v) is 7.80. The van der Waals surface area contributed by atoms with E-state index in [1.54, 1.807) is 24.3 Å². The van der Waals surface area contributed by atoms with E-state index >= 15 is 0 Å². The lowest BCUT2D eigenvalue weighted by Crippen LogP contribution is -2.27. The van der Waals surface area contributed by atoms with Crippen molar-refractivity contribution < 1.29 is 14.6 Å². The van der Waals surface area contributed by atoms with Gasteiger partial charge in [0.15, 0.2) is 0 Å². The van der Waals surface area contributed by atoms with Gasteiger partial charge in [0.2, 0.25) is 0 Å². The van der Waals surface area contributed by atoms with Gasteiger partial charge in [-0.1, -0.05) is 42.0 Å². The molecule has 4 nitrogen and oxygen atoms in total. The van der Waals surface area contributed by atoms with E-state index in [9.17, 15) is 4.79 Å². The number of hydrogen-bond acceptors (Lipinski definition) is 3. The summed E-state index contributed by atoms with van der Waals surface area (Å²) in [7, 11) is 0. The van der Waals surface area contributed by atoms with Gasteiger partial charge in [0.1, 0.15) is 0 Å². The van der Waals surface area contributed by atoms with Crippen LogP contribution < -0.4 is 5.32 Å². The number of nitrogens with one attached hydrogen (secondary N) is 1. The third-order valence-corrected chi connectivity index (χ3v) is 3.59. The van der Waals surface area contributed by atoms with E-state index in [1.807, 2.05) is 0 Å². The SMILES string of the molecule is Cc1ccc(CCOCCNC(=O)c2ccc(CO)cc2)cc1. The van der Waals surface area contributed by atoms with E-state index in [4.69, 9.17) is 9.84 Å². The predicted molar refractivity (Wildman–Crippen MR) is 90.4 cm³/mol. The van der Waals surface area contributed by atoms with Crippen LogP contribution in [0.5, 0.6) is 0 Å². The number of hydrogen-bond donors (Lipinski definition) is 2. The summed E-state index contributed by atoms with van der Waals surface area (Å²) in [5.41, 5.74) is 3.89. The zero-order chi connectivity index (χ0) is 16.5. The van der Waals surface area contributed by atoms with Gasteiger partial charge in [-0.2, -0.15) is 0 Å². The standard InChI is InChI=1S/C19H23NO3/c1-15-2-4-16(5-3-15)10-12-23-13-11-20-19(22)18-8-6-17(14-21)7-9-18/h2-9,21H,10-14H2,1H3,(H,20,22). The second-order valence-corrected chi connectivity index (χ2v) is 5.46. The lowest BCUT2D eigenvalue weighted by atomic mass is 10.1. The Morgan fingerprint density at radius 1 is 1.00 bits per heavy atom. The number of carbonyl (C=O) groups is 1. The van der Waals surface area contributed by atoms with Gasteiger partial charge < -0.3 is 15.2 Å². The third kappa shape index (κ3) is 5.85. The van der Waals surface area contributed by atoms with Crippen LogP contribution in [-0.4, -0.2) is 30.8 Å². The summed E-state index contributed by atoms with van der Waals surface area (Å²) < 4.78 is 5.54. The van der Waals surface area contributed by atoms with Crippen molar-refractivity contribution in [2.75, 3.05) is 19.8 Å². The fraction of sp³-hybridized carbons (Fsp3) is 0.316. The number of aryl methyl sites for hydroxylation is 1. The zero-order valence-electron chi connectivity index (χ0n) is 13.4. The lowest BCUT2D eigenvalue weighted by Gasteiger charge is -2.07. The molecule has 0 spiro atoms. The molecule has 4 heteroatoms. The molecular formula is C19H23NO3. The number of amides is 1. The predicted octanol–water partition coefficient (Wildman–Crippen LogP) is 2.48. The highest BCUT2D eigenvalue weighted by atomic mass is 16.5. The number of carbonyl (C=O) groups excluding carboxylic acids is 1. The molecule has 23 heavy (non-hydrogen) atoms. The van der Waals surface area contributed by atoms with E-state index < -0.39 is 0 Å². The molecule has 0 atom stereocenters. The molecule has 0 radical (unpaired) electrons. The van der Waals surface area contributed by atoms with Crippen molar-refractivity contribution in [2.24, 2.45) is 0 Å². The minimum absolute atomic E-state index is 0.0171. The van der Waals surface area contributed by atoms with Gasteiger partial charge in [-0.05, 0) is 36.6 Å². The molecule has 0 bridgehead atoms. The Morgan fingerprint density at radius 2 is 1.65 bits per heavy atom. The van der Waals surface area contributed by atoms with Gasteiger partial charge in [-0.3, -0.25) is 4.79 Å². The second kappa shape index (κ2) is 9.08. The Labute approximate surface area is 137 Å². The fourth-order valence-corrected chi connectivity index (χ4v) is 2.15. The molecule has 0 aliphatic rings. The maximum Gasteiger partial charge on any atom is 0.251 e. The summed E-state index contributed by atoms with van der Waals surface area (Å²) in [5.74, 6) is -0.128. The maximum absolute atomic E-state index is 11.9. The Balaban J connectivity index is 1.61. The van der Waals surface area contributed by atoms with E-state index in [0.29, 0.717) is 25.3 Å². The first-order chi connectivity index (χ1) is 11.2. The fourth-order valence-electron chi connectivity index (χ4n) is 2.15. The summed E-state index contributed by atoms with van der Waals surface area (Å²) in [4.78, 5) is 11.9. The summed E-state index contributed by atoms with van der Waals surface area (Å²) in [6.07, 6.45) is 0.872. The van der Waals surface area contributed by atoms with Crippen molar-refractivity contribution >= 4 is 5.91 Å². The molecule has 2 aromatic carbocycles. The van der Waals surface area contributed by atoms with Crippen molar-refractivity contribution in [3.05, 3.63) is 70.8 Å². The largest absolute Gasteiger partial charge is 0.392 e. The van der Waals surface area contributed by atoms with Crippen LogP contribution in [-0.2, 0) is 17.8 Å². The van der Waals surface area contributed by atoms with Crippen LogP contribution >= 0.6 is 0 Å². The summed E-state index contributed by atoms with van der Waals surface area (Å²) in [6.45, 7) is 3.67. The van der Waals surface area contributed by atoms with Crippen molar-refractivity contribution in [3.63, 3.8) is 0 Å². The van der Waals surface area contributed by atoms with Gasteiger partial charge in [-0.25, -0.2) is 0 Å². The molecule has 122 valence electrons. The van der Waals surface area contributed by atoms with Crippen LogP contribution in [0.25, 0.3) is 0 Å². The summed E-state index contributed by atoms with van der Waals surface area (Å²) >= 11 is 0. The molecule has 2 N–H and O–H groups in total. The molecular weight excluding hydrogens is 290 g/mol. The van der Waals surface area contributed by atoms with Crippen molar-refractivity contribution in [3.8, 4) is 0 Å². The van der Waals surface area contributed by atoms with Crippen LogP contribution in [0.4, 0.5) is 0 Å². The minimum atomic E-state index is -0.128. The maximum atomic E-state index is 11.9. The number of ether oxygens (including phenoxy) is 1. The van der Waals surface area contributed by atoms with E-state index in [1.165, 1.54) is 11.1 Å². The molecule has 0 unspecified atom stereocenters. The minimum Gasteiger partial charge on any atom is -0.392 e. The lowest BCUT2D eigenvalue weighted by molar-refractivity contribution is 0.0917. The van der Waals surface area contributed by atoms with Gasteiger partial charge in [0, 0.05) is 12.1 Å². The van der Waals surface area contributed by atoms with Gasteiger partial charge in [0.25, 0.3) is 5.91 Å². The normalized spacial score (nSPS) is 10.5. The molecule has 0 aliphatic carbocycles. The topological polar surface area (TPSA) is 58.6 Å². The van der Waals surface area contributed by atoms with Crippen molar-refractivity contribution in [2.45, 2.75) is 20.0 Å². The van der Waals surface area contributed by atoms with Crippen LogP contribution in [0.2, 0.25) is 0 Å². The van der Waals surface area contributed by atoms with Gasteiger partial charge in [-0.15, -0.1) is 0 Å². The van der Waals surface area contributed by atoms with Crippen molar-refractivity contribution in [1.29, 1.82) is 0 Å². The molecule has 1 amide bonds. The summed E-state index contributed by atoms with van der Waals surface area (Å²) in [6, 6.07) is 15.3. The molecule has 0 aliphatic heterocycles. The smallest absolute Gasteiger partial charge is 0.251 e. The Bertz CT molecular complexity index is 606. The monoisotopic (exact) mass is 313 g/mol. The first kappa shape index (κ1) is 17.2. The number of benzene rings is 2. The molecule has 0 saturated carbocycles. The second-order valence-electron chi connectivity index (χ2n) is 5.46. The average Bonchev–Trinajstić information content (AvgIpc) is 2.59. The molecule has 0 saturated heterocycles. The number of rotatable bonds is 8. The number of aliphatic hydroxyl groups excluding tert-OH is 1. The highest BCUT2D eigenvalue weighted by Gasteiger charge is 2.04. The molecule has 0 fully saturated rings. The van der Waals surface area contributed by atoms with Gasteiger partial charge >= 0.3 is 0 Å². The highest BCUT2D eigenvalue weighted by molar-refractivity contribution is 5.94. The highest BCUT2D eigenvalue weighted by Crippen LogP contribution is 2.05. The Kier molecular flexibility index (Phi) is 6.78.